The molecule has 0 unspecified atom stereocenters. The molecule has 0 bridgehead atoms. The molecular weight excluding hydrogens is 236 g/mol. The summed E-state index contributed by atoms with van der Waals surface area (Å²) in [4.78, 5) is 22.9. The Kier molecular flexibility index (Phi) is 4.30. The van der Waals surface area contributed by atoms with Crippen LogP contribution in [0.5, 0.6) is 0 Å². The average Bonchev–Trinajstić information content (AvgIpc) is 2.72. The van der Waals surface area contributed by atoms with Crippen molar-refractivity contribution in [1.29, 1.82) is 0 Å². The molecule has 0 spiro atoms. The largest absolute Gasteiger partial charge is 0.443 e. The maximum absolute atomic E-state index is 11.6. The van der Waals surface area contributed by atoms with Gasteiger partial charge in [0.15, 0.2) is 5.69 Å². The van der Waals surface area contributed by atoms with E-state index in [0.29, 0.717) is 6.54 Å². The summed E-state index contributed by atoms with van der Waals surface area (Å²) >= 11 is 0. The second-order valence-corrected chi connectivity index (χ2v) is 4.64. The van der Waals surface area contributed by atoms with Crippen molar-refractivity contribution in [2.45, 2.75) is 39.8 Å². The normalized spacial score (nSPS) is 10.9. The Morgan fingerprint density at radius 3 is 2.56 bits per heavy atom. The first-order chi connectivity index (χ1) is 8.31. The Balaban J connectivity index is 2.44. The van der Waals surface area contributed by atoms with E-state index in [1.165, 1.54) is 0 Å². The van der Waals surface area contributed by atoms with Crippen LogP contribution in [0, 0.1) is 0 Å². The van der Waals surface area contributed by atoms with Crippen molar-refractivity contribution in [3.8, 4) is 0 Å². The molecule has 0 saturated heterocycles. The van der Waals surface area contributed by atoms with Gasteiger partial charge in [-0.3, -0.25) is 14.9 Å². The van der Waals surface area contributed by atoms with E-state index in [9.17, 15) is 9.59 Å². The van der Waals surface area contributed by atoms with E-state index in [4.69, 9.17) is 4.74 Å². The summed E-state index contributed by atoms with van der Waals surface area (Å²) in [5, 5.41) is 3.99. The van der Waals surface area contributed by atoms with Crippen LogP contribution >= 0.6 is 0 Å². The molecule has 18 heavy (non-hydrogen) atoms. The Hall–Kier alpha value is -2.05. The van der Waals surface area contributed by atoms with E-state index in [1.807, 2.05) is 6.92 Å². The highest BCUT2D eigenvalue weighted by Crippen LogP contribution is 2.05. The number of rotatable bonds is 2. The number of aryl methyl sites for hydroxylation is 1. The van der Waals surface area contributed by atoms with E-state index >= 15 is 0 Å². The van der Waals surface area contributed by atoms with Crippen molar-refractivity contribution in [2.24, 2.45) is 0 Å². The van der Waals surface area contributed by atoms with Gasteiger partial charge in [-0.2, -0.15) is 5.10 Å². The van der Waals surface area contributed by atoms with Crippen LogP contribution in [0.2, 0.25) is 0 Å². The van der Waals surface area contributed by atoms with Crippen LogP contribution in [0.1, 0.15) is 38.2 Å². The van der Waals surface area contributed by atoms with Crippen LogP contribution in [0.15, 0.2) is 12.3 Å². The van der Waals surface area contributed by atoms with Gasteiger partial charge in [0.05, 0.1) is 0 Å². The number of hydrogen-bond acceptors (Lipinski definition) is 4. The van der Waals surface area contributed by atoms with Crippen LogP contribution in [-0.4, -0.2) is 27.4 Å². The van der Waals surface area contributed by atoms with Crippen LogP contribution in [0.3, 0.4) is 0 Å². The molecule has 1 rings (SSSR count). The van der Waals surface area contributed by atoms with Crippen LogP contribution < -0.4 is 10.9 Å². The lowest BCUT2D eigenvalue weighted by Gasteiger charge is -2.19. The van der Waals surface area contributed by atoms with Gasteiger partial charge in [-0.15, -0.1) is 0 Å². The molecule has 0 aliphatic carbocycles. The zero-order chi connectivity index (χ0) is 13.8. The highest BCUT2D eigenvalue weighted by Gasteiger charge is 2.17. The van der Waals surface area contributed by atoms with Crippen molar-refractivity contribution < 1.29 is 14.3 Å². The summed E-state index contributed by atoms with van der Waals surface area (Å²) in [6.07, 6.45) is 0.966. The van der Waals surface area contributed by atoms with Gasteiger partial charge < -0.3 is 4.74 Å². The van der Waals surface area contributed by atoms with Gasteiger partial charge in [0, 0.05) is 12.7 Å². The molecular formula is C11H18N4O3. The molecule has 0 radical (unpaired) electrons. The predicted molar refractivity (Wildman–Crippen MR) is 64.7 cm³/mol. The summed E-state index contributed by atoms with van der Waals surface area (Å²) in [5.74, 6) is -0.493. The highest BCUT2D eigenvalue weighted by molar-refractivity contribution is 5.92. The first-order valence-corrected chi connectivity index (χ1v) is 5.64. The summed E-state index contributed by atoms with van der Waals surface area (Å²) < 4.78 is 6.57. The number of ether oxygens (including phenoxy) is 1. The molecule has 2 N–H and O–H groups in total. The number of hydrogen-bond donors (Lipinski definition) is 2. The number of amides is 2. The van der Waals surface area contributed by atoms with Gasteiger partial charge in [-0.25, -0.2) is 10.2 Å². The van der Waals surface area contributed by atoms with Crippen molar-refractivity contribution >= 4 is 12.0 Å². The van der Waals surface area contributed by atoms with Gasteiger partial charge in [0.25, 0.3) is 5.91 Å². The Morgan fingerprint density at radius 2 is 2.06 bits per heavy atom. The summed E-state index contributed by atoms with van der Waals surface area (Å²) in [7, 11) is 0. The maximum atomic E-state index is 11.6. The lowest BCUT2D eigenvalue weighted by Crippen LogP contribution is -2.44. The molecule has 0 aromatic carbocycles. The van der Waals surface area contributed by atoms with E-state index in [-0.39, 0.29) is 5.69 Å². The van der Waals surface area contributed by atoms with Gasteiger partial charge in [-0.05, 0) is 33.8 Å². The molecule has 2 amide bonds. The van der Waals surface area contributed by atoms with E-state index < -0.39 is 17.6 Å². The fourth-order valence-electron chi connectivity index (χ4n) is 1.13. The summed E-state index contributed by atoms with van der Waals surface area (Å²) in [5.41, 5.74) is 3.99. The van der Waals surface area contributed by atoms with Crippen LogP contribution in [0.4, 0.5) is 4.79 Å². The Morgan fingerprint density at radius 1 is 1.39 bits per heavy atom. The molecule has 100 valence electrons. The first-order valence-electron chi connectivity index (χ1n) is 5.64. The monoisotopic (exact) mass is 254 g/mol. The molecule has 0 aliphatic rings. The minimum atomic E-state index is -0.717. The SMILES string of the molecule is CCn1ccc(C(=O)NNC(=O)OC(C)(C)C)n1. The molecule has 0 fully saturated rings. The maximum Gasteiger partial charge on any atom is 0.426 e. The number of carbonyl (C=O) groups excluding carboxylic acids is 2. The van der Waals surface area contributed by atoms with Crippen molar-refractivity contribution in [3.63, 3.8) is 0 Å². The molecule has 1 heterocycles. The number of nitrogens with zero attached hydrogens (tertiary/aromatic N) is 2. The molecule has 1 aromatic rings. The van der Waals surface area contributed by atoms with E-state index in [2.05, 4.69) is 16.0 Å². The molecule has 0 saturated carbocycles. The predicted octanol–water partition coefficient (Wildman–Crippen LogP) is 1.07. The number of aromatic nitrogens is 2. The Bertz CT molecular complexity index is 434. The molecule has 1 aromatic heterocycles. The van der Waals surface area contributed by atoms with Crippen LogP contribution in [0.25, 0.3) is 0 Å². The third-order valence-electron chi connectivity index (χ3n) is 1.87. The molecule has 0 atom stereocenters. The van der Waals surface area contributed by atoms with Gasteiger partial charge in [0.2, 0.25) is 0 Å². The minimum absolute atomic E-state index is 0.230. The van der Waals surface area contributed by atoms with Gasteiger partial charge >= 0.3 is 6.09 Å². The van der Waals surface area contributed by atoms with Crippen LogP contribution in [-0.2, 0) is 11.3 Å². The summed E-state index contributed by atoms with van der Waals surface area (Å²) in [6.45, 7) is 7.78. The lowest BCUT2D eigenvalue weighted by atomic mass is 10.2. The zero-order valence-corrected chi connectivity index (χ0v) is 11.0. The second-order valence-electron chi connectivity index (χ2n) is 4.64. The fraction of sp³-hybridized carbons (Fsp3) is 0.545. The topological polar surface area (TPSA) is 85.2 Å². The van der Waals surface area contributed by atoms with E-state index in [0.717, 1.165) is 0 Å². The quantitative estimate of drug-likeness (QED) is 0.773. The van der Waals surface area contributed by atoms with Crippen molar-refractivity contribution in [2.75, 3.05) is 0 Å². The third kappa shape index (κ3) is 4.44. The smallest absolute Gasteiger partial charge is 0.426 e. The number of nitrogens with one attached hydrogen (secondary N) is 2. The zero-order valence-electron chi connectivity index (χ0n) is 11.0. The first kappa shape index (κ1) is 14.0. The fourth-order valence-corrected chi connectivity index (χ4v) is 1.13. The lowest BCUT2D eigenvalue weighted by molar-refractivity contribution is 0.0483. The molecule has 0 aliphatic heterocycles. The molecule has 7 nitrogen and oxygen atoms in total. The third-order valence-corrected chi connectivity index (χ3v) is 1.87. The Labute approximate surface area is 105 Å². The van der Waals surface area contributed by atoms with Crippen molar-refractivity contribution in [1.82, 2.24) is 20.6 Å². The highest BCUT2D eigenvalue weighted by atomic mass is 16.6. The number of hydrazine groups is 1. The summed E-state index contributed by atoms with van der Waals surface area (Å²) in [6, 6.07) is 1.57. The van der Waals surface area contributed by atoms with E-state index in [1.54, 1.807) is 37.7 Å². The number of carbonyl (C=O) groups is 2. The second kappa shape index (κ2) is 5.52. The average molecular weight is 254 g/mol. The molecule has 7 heteroatoms. The standard InChI is InChI=1S/C11H18N4O3/c1-5-15-7-6-8(14-15)9(16)12-13-10(17)18-11(2,3)4/h6-7H,5H2,1-4H3,(H,12,16)(H,13,17). The van der Waals surface area contributed by atoms with Crippen molar-refractivity contribution in [3.05, 3.63) is 18.0 Å². The minimum Gasteiger partial charge on any atom is -0.443 e. The van der Waals surface area contributed by atoms with Gasteiger partial charge in [-0.1, -0.05) is 0 Å². The van der Waals surface area contributed by atoms with Gasteiger partial charge in [0.1, 0.15) is 5.60 Å².